The number of hydrogen-bond acceptors (Lipinski definition) is 6. The number of methoxy groups -OCH3 is 2. The van der Waals surface area contributed by atoms with Crippen molar-refractivity contribution in [2.24, 2.45) is 0 Å². The van der Waals surface area contributed by atoms with Crippen LogP contribution in [0.2, 0.25) is 0 Å². The summed E-state index contributed by atoms with van der Waals surface area (Å²) >= 11 is 1.24. The van der Waals surface area contributed by atoms with Crippen LogP contribution in [0.15, 0.2) is 23.6 Å². The van der Waals surface area contributed by atoms with E-state index in [1.54, 1.807) is 30.7 Å². The number of allylic oxidation sites excluding steroid dienone is 1. The van der Waals surface area contributed by atoms with Crippen LogP contribution in [0, 0.1) is 6.92 Å². The Kier molecular flexibility index (Phi) is 4.47. The second kappa shape index (κ2) is 6.29. The summed E-state index contributed by atoms with van der Waals surface area (Å²) in [6.07, 6.45) is 3.12. The Morgan fingerprint density at radius 3 is 2.55 bits per heavy atom. The number of benzene rings is 1. The van der Waals surface area contributed by atoms with Gasteiger partial charge in [0.25, 0.3) is 0 Å². The predicted octanol–water partition coefficient (Wildman–Crippen LogP) is 2.76. The normalized spacial score (nSPS) is 10.8. The number of aromatic nitrogens is 2. The van der Waals surface area contributed by atoms with Gasteiger partial charge in [-0.15, -0.1) is 5.10 Å². The molecule has 2 rings (SSSR count). The maximum absolute atomic E-state index is 12.2. The van der Waals surface area contributed by atoms with Crippen LogP contribution in [-0.4, -0.2) is 29.6 Å². The van der Waals surface area contributed by atoms with Gasteiger partial charge in [0.05, 0.1) is 19.9 Å². The lowest BCUT2D eigenvalue weighted by molar-refractivity contribution is 0.104. The summed E-state index contributed by atoms with van der Waals surface area (Å²) in [4.78, 5) is 12.2. The fourth-order valence-electron chi connectivity index (χ4n) is 1.74. The fourth-order valence-corrected chi connectivity index (χ4v) is 2.16. The van der Waals surface area contributed by atoms with Crippen LogP contribution < -0.4 is 9.47 Å². The van der Waals surface area contributed by atoms with Crippen molar-refractivity contribution in [3.05, 3.63) is 40.4 Å². The van der Waals surface area contributed by atoms with E-state index in [4.69, 9.17) is 9.47 Å². The van der Waals surface area contributed by atoms with Crippen molar-refractivity contribution >= 4 is 23.4 Å². The lowest BCUT2D eigenvalue weighted by atomic mass is 10.0. The summed E-state index contributed by atoms with van der Waals surface area (Å²) in [6.45, 7) is 1.85. The summed E-state index contributed by atoms with van der Waals surface area (Å²) in [6, 6.07) is 3.46. The third-order valence-corrected chi connectivity index (χ3v) is 3.30. The van der Waals surface area contributed by atoms with Crippen LogP contribution in [0.1, 0.15) is 21.6 Å². The van der Waals surface area contributed by atoms with E-state index >= 15 is 0 Å². The number of ketones is 1. The Hall–Kier alpha value is -2.21. The van der Waals surface area contributed by atoms with Gasteiger partial charge in [-0.2, -0.15) is 0 Å². The van der Waals surface area contributed by atoms with E-state index in [-0.39, 0.29) is 5.78 Å². The van der Waals surface area contributed by atoms with E-state index < -0.39 is 0 Å². The maximum atomic E-state index is 12.2. The van der Waals surface area contributed by atoms with E-state index in [9.17, 15) is 4.79 Å². The SMILES string of the molecule is COc1cc(C)c(C(=O)/C=C/c2csnn2)cc1OC. The zero-order valence-electron chi connectivity index (χ0n) is 11.4. The lowest BCUT2D eigenvalue weighted by Crippen LogP contribution is -2.01. The molecule has 0 aliphatic heterocycles. The number of hydrogen-bond donors (Lipinski definition) is 0. The maximum Gasteiger partial charge on any atom is 0.186 e. The summed E-state index contributed by atoms with van der Waals surface area (Å²) in [5.74, 6) is 1.02. The standard InChI is InChI=1S/C14H14N2O3S/c1-9-6-13(18-2)14(19-3)7-11(9)12(17)5-4-10-8-20-16-15-10/h4-8H,1-3H3/b5-4+. The molecule has 0 spiro atoms. The van der Waals surface area contributed by atoms with Crippen molar-refractivity contribution < 1.29 is 14.3 Å². The molecule has 0 fully saturated rings. The van der Waals surface area contributed by atoms with Crippen LogP contribution >= 0.6 is 11.5 Å². The van der Waals surface area contributed by atoms with Gasteiger partial charge >= 0.3 is 0 Å². The van der Waals surface area contributed by atoms with E-state index in [0.717, 1.165) is 5.56 Å². The number of carbonyl (C=O) groups excluding carboxylic acids is 1. The van der Waals surface area contributed by atoms with Crippen LogP contribution in [-0.2, 0) is 0 Å². The summed E-state index contributed by atoms with van der Waals surface area (Å²) in [7, 11) is 3.10. The molecule has 0 saturated carbocycles. The molecule has 1 heterocycles. The molecule has 1 aromatic carbocycles. The van der Waals surface area contributed by atoms with Crippen LogP contribution in [0.5, 0.6) is 11.5 Å². The predicted molar refractivity (Wildman–Crippen MR) is 77.6 cm³/mol. The van der Waals surface area contributed by atoms with Crippen molar-refractivity contribution in [2.75, 3.05) is 14.2 Å². The number of carbonyl (C=O) groups is 1. The smallest absolute Gasteiger partial charge is 0.186 e. The Labute approximate surface area is 121 Å². The highest BCUT2D eigenvalue weighted by atomic mass is 32.1. The van der Waals surface area contributed by atoms with Gasteiger partial charge in [-0.1, -0.05) is 4.49 Å². The van der Waals surface area contributed by atoms with Crippen molar-refractivity contribution in [1.82, 2.24) is 9.59 Å². The molecule has 2 aromatic rings. The number of nitrogens with zero attached hydrogens (tertiary/aromatic N) is 2. The Bertz CT molecular complexity index is 636. The molecule has 0 saturated heterocycles. The minimum Gasteiger partial charge on any atom is -0.493 e. The second-order valence-corrected chi connectivity index (χ2v) is 4.66. The molecule has 5 nitrogen and oxygen atoms in total. The van der Waals surface area contributed by atoms with E-state index in [1.807, 2.05) is 6.92 Å². The lowest BCUT2D eigenvalue weighted by Gasteiger charge is -2.11. The highest BCUT2D eigenvalue weighted by molar-refractivity contribution is 7.03. The molecule has 0 aliphatic carbocycles. The average molecular weight is 290 g/mol. The molecule has 0 bridgehead atoms. The van der Waals surface area contributed by atoms with Crippen molar-refractivity contribution in [2.45, 2.75) is 6.92 Å². The molecule has 1 aromatic heterocycles. The van der Waals surface area contributed by atoms with Gasteiger partial charge in [0.15, 0.2) is 17.3 Å². The summed E-state index contributed by atoms with van der Waals surface area (Å²) in [5.41, 5.74) is 2.07. The average Bonchev–Trinajstić information content (AvgIpc) is 2.97. The molecule has 6 heteroatoms. The highest BCUT2D eigenvalue weighted by Gasteiger charge is 2.12. The van der Waals surface area contributed by atoms with E-state index in [2.05, 4.69) is 9.59 Å². The van der Waals surface area contributed by atoms with Gasteiger partial charge in [0.2, 0.25) is 0 Å². The molecule has 0 N–H and O–H groups in total. The van der Waals surface area contributed by atoms with Gasteiger partial charge in [0.1, 0.15) is 0 Å². The molecule has 20 heavy (non-hydrogen) atoms. The first-order chi connectivity index (χ1) is 9.65. The molecule has 0 unspecified atom stereocenters. The van der Waals surface area contributed by atoms with Crippen molar-refractivity contribution in [3.63, 3.8) is 0 Å². The van der Waals surface area contributed by atoms with Crippen LogP contribution in [0.25, 0.3) is 6.08 Å². The molecule has 0 atom stereocenters. The molecular formula is C14H14N2O3S. The van der Waals surface area contributed by atoms with Crippen molar-refractivity contribution in [1.29, 1.82) is 0 Å². The first-order valence-electron chi connectivity index (χ1n) is 5.87. The van der Waals surface area contributed by atoms with Gasteiger partial charge in [-0.3, -0.25) is 4.79 Å². The third kappa shape index (κ3) is 3.03. The van der Waals surface area contributed by atoms with E-state index in [0.29, 0.717) is 22.8 Å². The van der Waals surface area contributed by atoms with E-state index in [1.165, 1.54) is 24.7 Å². The molecular weight excluding hydrogens is 276 g/mol. The largest absolute Gasteiger partial charge is 0.493 e. The monoisotopic (exact) mass is 290 g/mol. The third-order valence-electron chi connectivity index (χ3n) is 2.78. The second-order valence-electron chi connectivity index (χ2n) is 4.05. The first kappa shape index (κ1) is 14.2. The summed E-state index contributed by atoms with van der Waals surface area (Å²) in [5, 5.41) is 5.62. The molecule has 0 amide bonds. The topological polar surface area (TPSA) is 61.3 Å². The number of aryl methyl sites for hydroxylation is 1. The molecule has 0 aliphatic rings. The molecule has 104 valence electrons. The van der Waals surface area contributed by atoms with Gasteiger partial charge in [-0.05, 0) is 48.3 Å². The minimum atomic E-state index is -0.114. The number of rotatable bonds is 5. The Morgan fingerprint density at radius 1 is 1.25 bits per heavy atom. The van der Waals surface area contributed by atoms with Crippen LogP contribution in [0.4, 0.5) is 0 Å². The van der Waals surface area contributed by atoms with Gasteiger partial charge in [-0.25, -0.2) is 0 Å². The van der Waals surface area contributed by atoms with Crippen molar-refractivity contribution in [3.8, 4) is 11.5 Å². The minimum absolute atomic E-state index is 0.114. The Balaban J connectivity index is 2.30. The molecule has 0 radical (unpaired) electrons. The van der Waals surface area contributed by atoms with Gasteiger partial charge in [0, 0.05) is 10.9 Å². The van der Waals surface area contributed by atoms with Crippen LogP contribution in [0.3, 0.4) is 0 Å². The quantitative estimate of drug-likeness (QED) is 0.626. The highest BCUT2D eigenvalue weighted by Crippen LogP contribution is 2.30. The zero-order valence-corrected chi connectivity index (χ0v) is 12.2. The fraction of sp³-hybridized carbons (Fsp3) is 0.214. The summed E-state index contributed by atoms with van der Waals surface area (Å²) < 4.78 is 14.1. The zero-order chi connectivity index (χ0) is 14.5. The Morgan fingerprint density at radius 2 is 1.95 bits per heavy atom. The van der Waals surface area contributed by atoms with Gasteiger partial charge < -0.3 is 9.47 Å². The first-order valence-corrected chi connectivity index (χ1v) is 6.71. The number of ether oxygens (including phenoxy) is 2.